The summed E-state index contributed by atoms with van der Waals surface area (Å²) in [4.78, 5) is 18.8. The molecule has 28 heavy (non-hydrogen) atoms. The Hall–Kier alpha value is -3.60. The van der Waals surface area contributed by atoms with Gasteiger partial charge in [0, 0.05) is 31.5 Å². The quantitative estimate of drug-likeness (QED) is 0.511. The highest BCUT2D eigenvalue weighted by Gasteiger charge is 2.12. The zero-order valence-electron chi connectivity index (χ0n) is 15.7. The van der Waals surface area contributed by atoms with E-state index in [9.17, 15) is 4.79 Å². The van der Waals surface area contributed by atoms with Crippen molar-refractivity contribution in [2.75, 3.05) is 7.05 Å². The number of hydrogen-bond acceptors (Lipinski definition) is 3. The van der Waals surface area contributed by atoms with Gasteiger partial charge in [-0.1, -0.05) is 36.4 Å². The van der Waals surface area contributed by atoms with Crippen molar-refractivity contribution >= 4 is 11.6 Å². The highest BCUT2D eigenvalue weighted by Crippen LogP contribution is 2.16. The molecule has 4 aromatic rings. The summed E-state index contributed by atoms with van der Waals surface area (Å²) >= 11 is 0. The Labute approximate surface area is 163 Å². The Balaban J connectivity index is 1.37. The number of fused-ring (bicyclic) bond motifs is 1. The summed E-state index contributed by atoms with van der Waals surface area (Å²) in [6, 6.07) is 23.0. The third kappa shape index (κ3) is 4.04. The molecule has 0 spiro atoms. The van der Waals surface area contributed by atoms with Crippen LogP contribution in [-0.4, -0.2) is 27.2 Å². The van der Waals surface area contributed by atoms with Gasteiger partial charge in [-0.05, 0) is 42.0 Å². The van der Waals surface area contributed by atoms with Crippen LogP contribution in [0.3, 0.4) is 0 Å². The molecule has 4 rings (SSSR count). The molecule has 2 aromatic heterocycles. The first-order chi connectivity index (χ1) is 13.7. The van der Waals surface area contributed by atoms with Crippen LogP contribution in [0.15, 0.2) is 85.2 Å². The molecular formula is C23H21N3O2. The van der Waals surface area contributed by atoms with Crippen molar-refractivity contribution in [1.29, 1.82) is 0 Å². The smallest absolute Gasteiger partial charge is 0.253 e. The molecule has 5 heteroatoms. The van der Waals surface area contributed by atoms with Crippen molar-refractivity contribution in [3.05, 3.63) is 102 Å². The molecule has 5 nitrogen and oxygen atoms in total. The van der Waals surface area contributed by atoms with E-state index in [4.69, 9.17) is 4.74 Å². The number of aromatic nitrogens is 2. The monoisotopic (exact) mass is 371 g/mol. The Morgan fingerprint density at radius 1 is 1.00 bits per heavy atom. The minimum atomic E-state index is -0.0178. The molecule has 0 saturated heterocycles. The second-order valence-electron chi connectivity index (χ2n) is 6.66. The van der Waals surface area contributed by atoms with Crippen LogP contribution in [0.25, 0.3) is 5.65 Å². The van der Waals surface area contributed by atoms with Gasteiger partial charge < -0.3 is 14.0 Å². The number of pyridine rings is 1. The molecule has 1 amide bonds. The highest BCUT2D eigenvalue weighted by atomic mass is 16.5. The molecule has 0 saturated carbocycles. The fourth-order valence-corrected chi connectivity index (χ4v) is 3.06. The van der Waals surface area contributed by atoms with Gasteiger partial charge in [0.15, 0.2) is 0 Å². The van der Waals surface area contributed by atoms with Crippen LogP contribution in [0.1, 0.15) is 21.6 Å². The summed E-state index contributed by atoms with van der Waals surface area (Å²) in [7, 11) is 1.81. The Morgan fingerprint density at radius 3 is 2.50 bits per heavy atom. The lowest BCUT2D eigenvalue weighted by molar-refractivity contribution is 0.0785. The van der Waals surface area contributed by atoms with E-state index < -0.39 is 0 Å². The fourth-order valence-electron chi connectivity index (χ4n) is 3.06. The number of benzene rings is 2. The zero-order chi connectivity index (χ0) is 19.3. The molecule has 0 unspecified atom stereocenters. The Kier molecular flexibility index (Phi) is 5.06. The van der Waals surface area contributed by atoms with Crippen LogP contribution < -0.4 is 4.74 Å². The molecule has 0 aliphatic heterocycles. The second-order valence-corrected chi connectivity index (χ2v) is 6.66. The van der Waals surface area contributed by atoms with Gasteiger partial charge >= 0.3 is 0 Å². The van der Waals surface area contributed by atoms with E-state index in [0.29, 0.717) is 24.5 Å². The minimum absolute atomic E-state index is 0.0178. The van der Waals surface area contributed by atoms with E-state index in [2.05, 4.69) is 4.98 Å². The molecular weight excluding hydrogens is 350 g/mol. The number of nitrogens with zero attached hydrogens (tertiary/aromatic N) is 3. The van der Waals surface area contributed by atoms with Gasteiger partial charge in [0.1, 0.15) is 18.0 Å². The number of amides is 1. The normalized spacial score (nSPS) is 10.8. The maximum atomic E-state index is 12.6. The van der Waals surface area contributed by atoms with Gasteiger partial charge in [0.25, 0.3) is 5.91 Å². The number of hydrogen-bond donors (Lipinski definition) is 0. The summed E-state index contributed by atoms with van der Waals surface area (Å²) in [5.41, 5.74) is 3.49. The number of imidazole rings is 1. The largest absolute Gasteiger partial charge is 0.487 e. The van der Waals surface area contributed by atoms with Crippen LogP contribution in [0.5, 0.6) is 5.75 Å². The fraction of sp³-hybridized carbons (Fsp3) is 0.130. The van der Waals surface area contributed by atoms with Crippen LogP contribution in [0, 0.1) is 0 Å². The van der Waals surface area contributed by atoms with Crippen molar-refractivity contribution in [3.8, 4) is 5.75 Å². The number of rotatable bonds is 6. The predicted molar refractivity (Wildman–Crippen MR) is 108 cm³/mol. The summed E-state index contributed by atoms with van der Waals surface area (Å²) < 4.78 is 7.77. The molecule has 0 N–H and O–H groups in total. The lowest BCUT2D eigenvalue weighted by Crippen LogP contribution is -2.26. The predicted octanol–water partition coefficient (Wildman–Crippen LogP) is 4.19. The maximum absolute atomic E-state index is 12.6. The van der Waals surface area contributed by atoms with Crippen molar-refractivity contribution < 1.29 is 9.53 Å². The van der Waals surface area contributed by atoms with Gasteiger partial charge in [0.2, 0.25) is 0 Å². The van der Waals surface area contributed by atoms with E-state index in [1.807, 2.05) is 84.5 Å². The molecule has 2 heterocycles. The summed E-state index contributed by atoms with van der Waals surface area (Å²) in [5.74, 6) is 0.690. The topological polar surface area (TPSA) is 46.8 Å². The molecule has 0 aliphatic carbocycles. The van der Waals surface area contributed by atoms with Crippen LogP contribution in [-0.2, 0) is 13.2 Å². The van der Waals surface area contributed by atoms with Gasteiger partial charge in [-0.3, -0.25) is 4.79 Å². The molecule has 0 bridgehead atoms. The third-order valence-electron chi connectivity index (χ3n) is 4.51. The molecule has 140 valence electrons. The molecule has 2 aromatic carbocycles. The minimum Gasteiger partial charge on any atom is -0.487 e. The first-order valence-electron chi connectivity index (χ1n) is 9.14. The number of carbonyl (C=O) groups is 1. The lowest BCUT2D eigenvalue weighted by atomic mass is 10.1. The van der Waals surface area contributed by atoms with Crippen LogP contribution in [0.4, 0.5) is 0 Å². The molecule has 0 fully saturated rings. The third-order valence-corrected chi connectivity index (χ3v) is 4.51. The number of carbonyl (C=O) groups excluding carboxylic acids is 1. The summed E-state index contributed by atoms with van der Waals surface area (Å²) in [6.45, 7) is 0.953. The average molecular weight is 371 g/mol. The van der Waals surface area contributed by atoms with Gasteiger partial charge in [-0.25, -0.2) is 4.98 Å². The van der Waals surface area contributed by atoms with Crippen molar-refractivity contribution in [3.63, 3.8) is 0 Å². The zero-order valence-corrected chi connectivity index (χ0v) is 15.7. The molecule has 0 atom stereocenters. The Morgan fingerprint density at radius 2 is 1.75 bits per heavy atom. The second kappa shape index (κ2) is 7.96. The Bertz CT molecular complexity index is 1040. The standard InChI is InChI=1S/C23H21N3O2/c1-25(15-18-7-3-2-4-8-18)23(27)19-10-12-21(13-11-19)28-17-20-16-26-14-6-5-9-22(26)24-20/h2-14,16H,15,17H2,1H3. The van der Waals surface area contributed by atoms with Gasteiger partial charge in [-0.2, -0.15) is 0 Å². The molecule has 0 radical (unpaired) electrons. The highest BCUT2D eigenvalue weighted by molar-refractivity contribution is 5.94. The molecule has 0 aliphatic rings. The van der Waals surface area contributed by atoms with Gasteiger partial charge in [0.05, 0.1) is 5.69 Å². The van der Waals surface area contributed by atoms with Gasteiger partial charge in [-0.15, -0.1) is 0 Å². The van der Waals surface area contributed by atoms with E-state index in [0.717, 1.165) is 16.9 Å². The van der Waals surface area contributed by atoms with E-state index >= 15 is 0 Å². The average Bonchev–Trinajstić information content (AvgIpc) is 3.16. The van der Waals surface area contributed by atoms with Crippen LogP contribution >= 0.6 is 0 Å². The SMILES string of the molecule is CN(Cc1ccccc1)C(=O)c1ccc(OCc2cn3ccccc3n2)cc1. The van der Waals surface area contributed by atoms with Crippen molar-refractivity contribution in [2.45, 2.75) is 13.2 Å². The van der Waals surface area contributed by atoms with E-state index in [1.54, 1.807) is 17.0 Å². The van der Waals surface area contributed by atoms with Crippen LogP contribution in [0.2, 0.25) is 0 Å². The first-order valence-corrected chi connectivity index (χ1v) is 9.14. The van der Waals surface area contributed by atoms with E-state index in [1.165, 1.54) is 0 Å². The summed E-state index contributed by atoms with van der Waals surface area (Å²) in [5, 5.41) is 0. The summed E-state index contributed by atoms with van der Waals surface area (Å²) in [6.07, 6.45) is 3.91. The van der Waals surface area contributed by atoms with E-state index in [-0.39, 0.29) is 5.91 Å². The van der Waals surface area contributed by atoms with Crippen molar-refractivity contribution in [2.24, 2.45) is 0 Å². The number of ether oxygens (including phenoxy) is 1. The van der Waals surface area contributed by atoms with Crippen molar-refractivity contribution in [1.82, 2.24) is 14.3 Å². The maximum Gasteiger partial charge on any atom is 0.253 e. The lowest BCUT2D eigenvalue weighted by Gasteiger charge is -2.17. The first kappa shape index (κ1) is 17.8.